The fourth-order valence-electron chi connectivity index (χ4n) is 1.92. The summed E-state index contributed by atoms with van der Waals surface area (Å²) in [5.74, 6) is 5.44. The van der Waals surface area contributed by atoms with Crippen molar-refractivity contribution in [3.8, 4) is 11.8 Å². The van der Waals surface area contributed by atoms with Crippen molar-refractivity contribution in [3.05, 3.63) is 29.3 Å². The molecule has 2 rings (SSSR count). The van der Waals surface area contributed by atoms with Crippen LogP contribution in [0.5, 0.6) is 0 Å². The summed E-state index contributed by atoms with van der Waals surface area (Å²) >= 11 is 0. The summed E-state index contributed by atoms with van der Waals surface area (Å²) in [5, 5.41) is 14.4. The van der Waals surface area contributed by atoms with Crippen LogP contribution in [0.15, 0.2) is 18.2 Å². The fourth-order valence-corrected chi connectivity index (χ4v) is 1.92. The molecule has 0 atom stereocenters. The van der Waals surface area contributed by atoms with Gasteiger partial charge in [-0.2, -0.15) is 0 Å². The Balaban J connectivity index is 1.97. The molecule has 0 aromatic heterocycles. The maximum Gasteiger partial charge on any atom is 0.319 e. The van der Waals surface area contributed by atoms with E-state index in [1.165, 1.54) is 6.42 Å². The van der Waals surface area contributed by atoms with Crippen LogP contribution in [0.2, 0.25) is 0 Å². The standard InChI is InChI=1S/C15H18N2O2/c1-11-10-12(4-3-9-18)7-8-14(11)17-15(19)16-13-5-2-6-13/h7-8,10,13,18H,2,5-6,9H2,1H3,(H2,16,17,19). The van der Waals surface area contributed by atoms with E-state index in [0.29, 0.717) is 6.04 Å². The number of nitrogens with one attached hydrogen (secondary N) is 2. The topological polar surface area (TPSA) is 61.4 Å². The molecule has 2 amide bonds. The highest BCUT2D eigenvalue weighted by Gasteiger charge is 2.19. The van der Waals surface area contributed by atoms with Crippen molar-refractivity contribution in [2.45, 2.75) is 32.2 Å². The van der Waals surface area contributed by atoms with E-state index in [1.54, 1.807) is 0 Å². The average molecular weight is 258 g/mol. The number of aliphatic hydroxyl groups excluding tert-OH is 1. The lowest BCUT2D eigenvalue weighted by Gasteiger charge is -2.26. The van der Waals surface area contributed by atoms with Crippen LogP contribution >= 0.6 is 0 Å². The van der Waals surface area contributed by atoms with E-state index < -0.39 is 0 Å². The van der Waals surface area contributed by atoms with Gasteiger partial charge < -0.3 is 15.7 Å². The number of rotatable bonds is 2. The number of hydrogen-bond donors (Lipinski definition) is 3. The first kappa shape index (κ1) is 13.4. The number of aryl methyl sites for hydroxylation is 1. The second-order valence-corrected chi connectivity index (χ2v) is 4.72. The molecule has 0 aliphatic heterocycles. The monoisotopic (exact) mass is 258 g/mol. The summed E-state index contributed by atoms with van der Waals surface area (Å²) in [6.45, 7) is 1.77. The predicted octanol–water partition coefficient (Wildman–Crippen LogP) is 2.01. The van der Waals surface area contributed by atoms with Crippen molar-refractivity contribution >= 4 is 11.7 Å². The van der Waals surface area contributed by atoms with Gasteiger partial charge in [-0.1, -0.05) is 11.8 Å². The van der Waals surface area contributed by atoms with Gasteiger partial charge in [0.2, 0.25) is 0 Å². The molecular weight excluding hydrogens is 240 g/mol. The number of hydrogen-bond acceptors (Lipinski definition) is 2. The molecule has 0 spiro atoms. The number of benzene rings is 1. The quantitative estimate of drug-likeness (QED) is 0.711. The van der Waals surface area contributed by atoms with E-state index in [4.69, 9.17) is 5.11 Å². The summed E-state index contributed by atoms with van der Waals surface area (Å²) in [6.07, 6.45) is 3.34. The third kappa shape index (κ3) is 3.73. The molecule has 3 N–H and O–H groups in total. The van der Waals surface area contributed by atoms with Crippen LogP contribution in [-0.4, -0.2) is 23.8 Å². The molecule has 1 fully saturated rings. The van der Waals surface area contributed by atoms with Crippen LogP contribution in [-0.2, 0) is 0 Å². The molecule has 100 valence electrons. The van der Waals surface area contributed by atoms with Crippen molar-refractivity contribution < 1.29 is 9.90 Å². The molecule has 19 heavy (non-hydrogen) atoms. The number of urea groups is 1. The van der Waals surface area contributed by atoms with Crippen molar-refractivity contribution in [1.29, 1.82) is 0 Å². The highest BCUT2D eigenvalue weighted by molar-refractivity contribution is 5.90. The Morgan fingerprint density at radius 2 is 2.26 bits per heavy atom. The van der Waals surface area contributed by atoms with Gasteiger partial charge in [0.1, 0.15) is 6.61 Å². The molecule has 1 aromatic carbocycles. The molecule has 4 heteroatoms. The number of carbonyl (C=O) groups is 1. The van der Waals surface area contributed by atoms with E-state index in [0.717, 1.165) is 29.7 Å². The largest absolute Gasteiger partial charge is 0.384 e. The second-order valence-electron chi connectivity index (χ2n) is 4.72. The normalized spacial score (nSPS) is 14.0. The number of aliphatic hydroxyl groups is 1. The van der Waals surface area contributed by atoms with Gasteiger partial charge in [-0.05, 0) is 49.9 Å². The lowest BCUT2D eigenvalue weighted by atomic mass is 9.93. The van der Waals surface area contributed by atoms with Crippen LogP contribution in [0.25, 0.3) is 0 Å². The molecule has 0 saturated heterocycles. The molecule has 0 radical (unpaired) electrons. The first-order valence-electron chi connectivity index (χ1n) is 6.47. The second kappa shape index (κ2) is 6.26. The maximum atomic E-state index is 11.7. The van der Waals surface area contributed by atoms with E-state index in [2.05, 4.69) is 22.5 Å². The van der Waals surface area contributed by atoms with E-state index in [9.17, 15) is 4.79 Å². The molecule has 0 heterocycles. The highest BCUT2D eigenvalue weighted by Crippen LogP contribution is 2.19. The van der Waals surface area contributed by atoms with Gasteiger partial charge in [0.25, 0.3) is 0 Å². The molecule has 1 saturated carbocycles. The van der Waals surface area contributed by atoms with Crippen LogP contribution in [0.1, 0.15) is 30.4 Å². The molecule has 1 aliphatic rings. The third-order valence-electron chi connectivity index (χ3n) is 3.23. The van der Waals surface area contributed by atoms with Crippen LogP contribution in [0, 0.1) is 18.8 Å². The molecule has 0 bridgehead atoms. The number of carbonyl (C=O) groups excluding carboxylic acids is 1. The molecule has 1 aliphatic carbocycles. The first-order valence-corrected chi connectivity index (χ1v) is 6.47. The smallest absolute Gasteiger partial charge is 0.319 e. The summed E-state index contributed by atoms with van der Waals surface area (Å²) in [5.41, 5.74) is 2.57. The SMILES string of the molecule is Cc1cc(C#CCO)ccc1NC(=O)NC1CCC1. The van der Waals surface area contributed by atoms with Gasteiger partial charge in [0.15, 0.2) is 0 Å². The maximum absolute atomic E-state index is 11.7. The van der Waals surface area contributed by atoms with Gasteiger partial charge in [-0.15, -0.1) is 0 Å². The molecule has 4 nitrogen and oxygen atoms in total. The molecular formula is C15H18N2O2. The molecule has 0 unspecified atom stereocenters. The Labute approximate surface area is 113 Å². The van der Waals surface area contributed by atoms with Gasteiger partial charge in [0.05, 0.1) is 0 Å². The van der Waals surface area contributed by atoms with E-state index in [-0.39, 0.29) is 12.6 Å². The van der Waals surface area contributed by atoms with Crippen LogP contribution in [0.3, 0.4) is 0 Å². The Kier molecular flexibility index (Phi) is 4.43. The minimum absolute atomic E-state index is 0.150. The minimum atomic E-state index is -0.151. The van der Waals surface area contributed by atoms with Gasteiger partial charge in [-0.3, -0.25) is 0 Å². The summed E-state index contributed by atoms with van der Waals surface area (Å²) in [4.78, 5) is 11.7. The number of amides is 2. The Bertz CT molecular complexity index is 525. The van der Waals surface area contributed by atoms with Gasteiger partial charge in [0, 0.05) is 17.3 Å². The first-order chi connectivity index (χ1) is 9.19. The van der Waals surface area contributed by atoms with Crippen molar-refractivity contribution in [2.24, 2.45) is 0 Å². The van der Waals surface area contributed by atoms with Crippen molar-refractivity contribution in [2.75, 3.05) is 11.9 Å². The van der Waals surface area contributed by atoms with Crippen LogP contribution in [0.4, 0.5) is 10.5 Å². The average Bonchev–Trinajstić information content (AvgIpc) is 2.34. The summed E-state index contributed by atoms with van der Waals surface area (Å²) < 4.78 is 0. The lowest BCUT2D eigenvalue weighted by molar-refractivity contribution is 0.240. The van der Waals surface area contributed by atoms with E-state index >= 15 is 0 Å². The van der Waals surface area contributed by atoms with Gasteiger partial charge in [-0.25, -0.2) is 4.79 Å². The summed E-state index contributed by atoms with van der Waals surface area (Å²) in [7, 11) is 0. The third-order valence-corrected chi connectivity index (χ3v) is 3.23. The van der Waals surface area contributed by atoms with E-state index in [1.807, 2.05) is 25.1 Å². The summed E-state index contributed by atoms with van der Waals surface area (Å²) in [6, 6.07) is 5.73. The zero-order valence-electron chi connectivity index (χ0n) is 11.0. The fraction of sp³-hybridized carbons (Fsp3) is 0.400. The Hall–Kier alpha value is -1.99. The highest BCUT2D eigenvalue weighted by atomic mass is 16.2. The Morgan fingerprint density at radius 3 is 2.84 bits per heavy atom. The zero-order valence-corrected chi connectivity index (χ0v) is 11.0. The minimum Gasteiger partial charge on any atom is -0.384 e. The van der Waals surface area contributed by atoms with Crippen molar-refractivity contribution in [1.82, 2.24) is 5.32 Å². The Morgan fingerprint density at radius 1 is 1.47 bits per heavy atom. The zero-order chi connectivity index (χ0) is 13.7. The van der Waals surface area contributed by atoms with Crippen molar-refractivity contribution in [3.63, 3.8) is 0 Å². The lowest BCUT2D eigenvalue weighted by Crippen LogP contribution is -2.41. The van der Waals surface area contributed by atoms with Gasteiger partial charge >= 0.3 is 6.03 Å². The molecule has 1 aromatic rings. The van der Waals surface area contributed by atoms with Crippen LogP contribution < -0.4 is 10.6 Å². The predicted molar refractivity (Wildman–Crippen MR) is 74.9 cm³/mol. The number of anilines is 1.